The quantitative estimate of drug-likeness (QED) is 0.859. The van der Waals surface area contributed by atoms with Crippen molar-refractivity contribution in [2.45, 2.75) is 19.8 Å². The molecule has 0 saturated carbocycles. The largest absolute Gasteiger partial charge is 0.301 e. The molecule has 0 aliphatic rings. The maximum absolute atomic E-state index is 11.5. The van der Waals surface area contributed by atoms with Gasteiger partial charge in [-0.15, -0.1) is 21.8 Å². The van der Waals surface area contributed by atoms with Crippen molar-refractivity contribution in [3.8, 4) is 10.6 Å². The lowest BCUT2D eigenvalue weighted by Crippen LogP contribution is -2.10. The van der Waals surface area contributed by atoms with Crippen LogP contribution in [0.3, 0.4) is 0 Å². The summed E-state index contributed by atoms with van der Waals surface area (Å²) in [5.41, 5.74) is 2.20. The van der Waals surface area contributed by atoms with Gasteiger partial charge >= 0.3 is 0 Å². The highest BCUT2D eigenvalue weighted by Crippen LogP contribution is 2.26. The highest BCUT2D eigenvalue weighted by molar-refractivity contribution is 7.18. The summed E-state index contributed by atoms with van der Waals surface area (Å²) in [6.45, 7) is 2.03. The Labute approximate surface area is 120 Å². The molecule has 4 nitrogen and oxygen atoms in total. The van der Waals surface area contributed by atoms with Gasteiger partial charge in [-0.2, -0.15) is 0 Å². The van der Waals surface area contributed by atoms with E-state index in [0.29, 0.717) is 23.9 Å². The van der Waals surface area contributed by atoms with Crippen molar-refractivity contribution in [1.29, 1.82) is 0 Å². The monoisotopic (exact) mass is 295 g/mol. The summed E-state index contributed by atoms with van der Waals surface area (Å²) in [6.07, 6.45) is 1.07. The third kappa shape index (κ3) is 4.01. The molecule has 0 aliphatic heterocycles. The highest BCUT2D eigenvalue weighted by Gasteiger charge is 2.09. The number of amides is 1. The lowest BCUT2D eigenvalue weighted by molar-refractivity contribution is -0.116. The lowest BCUT2D eigenvalue weighted by Gasteiger charge is -1.98. The van der Waals surface area contributed by atoms with Gasteiger partial charge in [-0.3, -0.25) is 4.79 Å². The molecule has 0 bridgehead atoms. The molecular formula is C13H14ClN3OS. The van der Waals surface area contributed by atoms with E-state index in [-0.39, 0.29) is 5.91 Å². The Kier molecular flexibility index (Phi) is 4.87. The summed E-state index contributed by atoms with van der Waals surface area (Å²) in [6, 6.07) is 8.04. The molecule has 0 radical (unpaired) electrons. The molecule has 1 N–H and O–H groups in total. The number of aryl methyl sites for hydroxylation is 1. The van der Waals surface area contributed by atoms with Gasteiger partial charge < -0.3 is 5.32 Å². The van der Waals surface area contributed by atoms with Crippen molar-refractivity contribution in [1.82, 2.24) is 10.2 Å². The van der Waals surface area contributed by atoms with Crippen molar-refractivity contribution >= 4 is 34.0 Å². The standard InChI is InChI=1S/C13H14ClN3OS/c1-9-4-6-10(7-5-9)12-16-17-13(19-12)15-11(18)3-2-8-14/h4-7H,2-3,8H2,1H3,(H,15,17,18). The molecule has 6 heteroatoms. The smallest absolute Gasteiger partial charge is 0.226 e. The van der Waals surface area contributed by atoms with Crippen LogP contribution in [0.1, 0.15) is 18.4 Å². The van der Waals surface area contributed by atoms with E-state index in [9.17, 15) is 4.79 Å². The second-order valence-electron chi connectivity index (χ2n) is 4.12. The zero-order valence-electron chi connectivity index (χ0n) is 10.5. The van der Waals surface area contributed by atoms with Gasteiger partial charge in [0.1, 0.15) is 5.01 Å². The first-order chi connectivity index (χ1) is 9.19. The lowest BCUT2D eigenvalue weighted by atomic mass is 10.2. The van der Waals surface area contributed by atoms with Crippen LogP contribution in [0.2, 0.25) is 0 Å². The Morgan fingerprint density at radius 1 is 1.32 bits per heavy atom. The van der Waals surface area contributed by atoms with Gasteiger partial charge in [0.05, 0.1) is 0 Å². The van der Waals surface area contributed by atoms with Crippen LogP contribution in [-0.2, 0) is 4.79 Å². The number of rotatable bonds is 5. The summed E-state index contributed by atoms with van der Waals surface area (Å²) in [7, 11) is 0. The van der Waals surface area contributed by atoms with Crippen LogP contribution in [0.5, 0.6) is 0 Å². The van der Waals surface area contributed by atoms with Gasteiger partial charge in [0.15, 0.2) is 0 Å². The van der Waals surface area contributed by atoms with Gasteiger partial charge in [-0.05, 0) is 13.3 Å². The first-order valence-electron chi connectivity index (χ1n) is 5.95. The predicted octanol–water partition coefficient (Wildman–Crippen LogP) is 3.47. The zero-order chi connectivity index (χ0) is 13.7. The number of halogens is 1. The number of anilines is 1. The first-order valence-corrected chi connectivity index (χ1v) is 7.30. The number of benzene rings is 1. The number of hydrogen-bond donors (Lipinski definition) is 1. The summed E-state index contributed by atoms with van der Waals surface area (Å²) in [5.74, 6) is 0.408. The Bertz CT molecular complexity index is 553. The van der Waals surface area contributed by atoms with Crippen LogP contribution < -0.4 is 5.32 Å². The fourth-order valence-corrected chi connectivity index (χ4v) is 2.39. The molecular weight excluding hydrogens is 282 g/mol. The van der Waals surface area contributed by atoms with Crippen molar-refractivity contribution in [3.05, 3.63) is 29.8 Å². The van der Waals surface area contributed by atoms with Crippen LogP contribution in [0.25, 0.3) is 10.6 Å². The summed E-state index contributed by atoms with van der Waals surface area (Å²) in [5, 5.41) is 12.1. The summed E-state index contributed by atoms with van der Waals surface area (Å²) >= 11 is 6.91. The number of hydrogen-bond acceptors (Lipinski definition) is 4. The molecule has 0 unspecified atom stereocenters. The molecule has 2 aromatic rings. The molecule has 0 atom stereocenters. The number of alkyl halides is 1. The zero-order valence-corrected chi connectivity index (χ0v) is 12.1. The topological polar surface area (TPSA) is 54.9 Å². The second kappa shape index (κ2) is 6.63. The van der Waals surface area contributed by atoms with E-state index >= 15 is 0 Å². The predicted molar refractivity (Wildman–Crippen MR) is 78.7 cm³/mol. The van der Waals surface area contributed by atoms with E-state index in [1.807, 2.05) is 31.2 Å². The Morgan fingerprint density at radius 3 is 2.74 bits per heavy atom. The second-order valence-corrected chi connectivity index (χ2v) is 5.47. The van der Waals surface area contributed by atoms with Gasteiger partial charge in [0, 0.05) is 17.9 Å². The van der Waals surface area contributed by atoms with Crippen LogP contribution in [0.15, 0.2) is 24.3 Å². The molecule has 0 spiro atoms. The molecule has 1 aromatic carbocycles. The van der Waals surface area contributed by atoms with Crippen molar-refractivity contribution in [2.75, 3.05) is 11.2 Å². The van der Waals surface area contributed by atoms with Crippen LogP contribution in [0, 0.1) is 6.92 Å². The average molecular weight is 296 g/mol. The van der Waals surface area contributed by atoms with Crippen molar-refractivity contribution in [3.63, 3.8) is 0 Å². The van der Waals surface area contributed by atoms with Crippen molar-refractivity contribution in [2.24, 2.45) is 0 Å². The van der Waals surface area contributed by atoms with Crippen LogP contribution in [-0.4, -0.2) is 22.0 Å². The van der Waals surface area contributed by atoms with Gasteiger partial charge in [0.2, 0.25) is 11.0 Å². The third-order valence-corrected chi connectivity index (χ3v) is 3.66. The van der Waals surface area contributed by atoms with Crippen molar-refractivity contribution < 1.29 is 4.79 Å². The van der Waals surface area contributed by atoms with Crippen LogP contribution >= 0.6 is 22.9 Å². The molecule has 100 valence electrons. The number of carbonyl (C=O) groups is 1. The normalized spacial score (nSPS) is 10.4. The maximum atomic E-state index is 11.5. The van der Waals surface area contributed by atoms with Crippen LogP contribution in [0.4, 0.5) is 5.13 Å². The number of carbonyl (C=O) groups excluding carboxylic acids is 1. The number of nitrogens with zero attached hydrogens (tertiary/aromatic N) is 2. The van der Waals surface area contributed by atoms with Gasteiger partial charge in [-0.25, -0.2) is 0 Å². The molecule has 0 saturated heterocycles. The van der Waals surface area contributed by atoms with E-state index in [4.69, 9.17) is 11.6 Å². The third-order valence-electron chi connectivity index (χ3n) is 2.51. The number of nitrogens with one attached hydrogen (secondary N) is 1. The summed E-state index contributed by atoms with van der Waals surface area (Å²) in [4.78, 5) is 11.5. The minimum absolute atomic E-state index is 0.0766. The fourth-order valence-electron chi connectivity index (χ4n) is 1.50. The molecule has 19 heavy (non-hydrogen) atoms. The Balaban J connectivity index is 2.02. The molecule has 0 aliphatic carbocycles. The van der Waals surface area contributed by atoms with E-state index in [1.54, 1.807) is 0 Å². The fraction of sp³-hybridized carbons (Fsp3) is 0.308. The maximum Gasteiger partial charge on any atom is 0.226 e. The van der Waals surface area contributed by atoms with Gasteiger partial charge in [0.25, 0.3) is 0 Å². The van der Waals surface area contributed by atoms with E-state index in [2.05, 4.69) is 15.5 Å². The van der Waals surface area contributed by atoms with E-state index in [1.165, 1.54) is 16.9 Å². The minimum Gasteiger partial charge on any atom is -0.301 e. The molecule has 0 fully saturated rings. The molecule has 1 heterocycles. The number of aromatic nitrogens is 2. The summed E-state index contributed by atoms with van der Waals surface area (Å²) < 4.78 is 0. The molecule has 2 rings (SSSR count). The van der Waals surface area contributed by atoms with E-state index < -0.39 is 0 Å². The molecule has 1 aromatic heterocycles. The van der Waals surface area contributed by atoms with Gasteiger partial charge in [-0.1, -0.05) is 41.2 Å². The Hall–Kier alpha value is -1.46. The first kappa shape index (κ1) is 14.0. The molecule has 1 amide bonds. The minimum atomic E-state index is -0.0766. The van der Waals surface area contributed by atoms with E-state index in [0.717, 1.165) is 10.6 Å². The Morgan fingerprint density at radius 2 is 2.05 bits per heavy atom. The average Bonchev–Trinajstić information content (AvgIpc) is 2.85. The highest BCUT2D eigenvalue weighted by atomic mass is 35.5. The SMILES string of the molecule is Cc1ccc(-c2nnc(NC(=O)CCCCl)s2)cc1.